The van der Waals surface area contributed by atoms with E-state index in [1.54, 1.807) is 25.3 Å². The number of rotatable bonds is 4. The highest BCUT2D eigenvalue weighted by molar-refractivity contribution is 7.89. The van der Waals surface area contributed by atoms with Crippen molar-refractivity contribution >= 4 is 16.1 Å². The molecular formula is C15H22N2O5S. The van der Waals surface area contributed by atoms with Crippen LogP contribution in [0, 0.1) is 0 Å². The summed E-state index contributed by atoms with van der Waals surface area (Å²) < 4.78 is 36.8. The number of carbonyl (C=O) groups excluding carboxylic acids is 1. The molecule has 1 aliphatic rings. The van der Waals surface area contributed by atoms with E-state index in [2.05, 4.69) is 4.74 Å². The average molecular weight is 342 g/mol. The van der Waals surface area contributed by atoms with Gasteiger partial charge >= 0.3 is 6.09 Å². The van der Waals surface area contributed by atoms with Crippen molar-refractivity contribution < 1.29 is 22.7 Å². The fourth-order valence-electron chi connectivity index (χ4n) is 2.58. The molecule has 0 atom stereocenters. The van der Waals surface area contributed by atoms with Crippen molar-refractivity contribution in [2.45, 2.75) is 18.2 Å². The molecule has 1 aromatic carbocycles. The summed E-state index contributed by atoms with van der Waals surface area (Å²) in [6.07, 6.45) is 0.252. The topological polar surface area (TPSA) is 76.2 Å². The van der Waals surface area contributed by atoms with E-state index in [4.69, 9.17) is 4.74 Å². The lowest BCUT2D eigenvalue weighted by Crippen LogP contribution is -2.50. The Kier molecular flexibility index (Phi) is 5.48. The Morgan fingerprint density at radius 1 is 1.17 bits per heavy atom. The van der Waals surface area contributed by atoms with Crippen LogP contribution in [0.25, 0.3) is 0 Å². The van der Waals surface area contributed by atoms with Gasteiger partial charge in [-0.25, -0.2) is 13.2 Å². The largest absolute Gasteiger partial charge is 0.496 e. The zero-order valence-electron chi connectivity index (χ0n) is 13.6. The molecule has 2 rings (SSSR count). The van der Waals surface area contributed by atoms with E-state index in [0.717, 1.165) is 5.56 Å². The third-order valence-corrected chi connectivity index (χ3v) is 5.84. The summed E-state index contributed by atoms with van der Waals surface area (Å²) in [5, 5.41) is 0. The molecule has 0 aliphatic carbocycles. The summed E-state index contributed by atoms with van der Waals surface area (Å²) in [5.41, 5.74) is 0.849. The Bertz CT molecular complexity index is 666. The molecule has 0 unspecified atom stereocenters. The van der Waals surface area contributed by atoms with Crippen LogP contribution in [0.5, 0.6) is 5.75 Å². The first kappa shape index (κ1) is 17.6. The number of benzene rings is 1. The first-order chi connectivity index (χ1) is 10.9. The lowest BCUT2D eigenvalue weighted by Gasteiger charge is -2.33. The minimum absolute atomic E-state index is 0.252. The first-order valence-electron chi connectivity index (χ1n) is 7.44. The van der Waals surface area contributed by atoms with Crippen molar-refractivity contribution in [2.75, 3.05) is 40.4 Å². The highest BCUT2D eigenvalue weighted by atomic mass is 32.2. The van der Waals surface area contributed by atoms with Gasteiger partial charge in [0.05, 0.1) is 19.1 Å². The molecule has 8 heteroatoms. The first-order valence-corrected chi connectivity index (χ1v) is 8.88. The summed E-state index contributed by atoms with van der Waals surface area (Å²) in [6.45, 7) is 3.10. The number of piperazine rings is 1. The van der Waals surface area contributed by atoms with Gasteiger partial charge < -0.3 is 14.4 Å². The molecule has 0 spiro atoms. The van der Waals surface area contributed by atoms with Gasteiger partial charge in [-0.1, -0.05) is 6.92 Å². The molecular weight excluding hydrogens is 320 g/mol. The second kappa shape index (κ2) is 7.18. The number of hydrogen-bond acceptors (Lipinski definition) is 5. The summed E-state index contributed by atoms with van der Waals surface area (Å²) in [4.78, 5) is 13.2. The second-order valence-electron chi connectivity index (χ2n) is 5.19. The number of hydrogen-bond donors (Lipinski definition) is 0. The van der Waals surface area contributed by atoms with Crippen LogP contribution in [0.4, 0.5) is 4.79 Å². The third-order valence-electron chi connectivity index (χ3n) is 3.94. The summed E-state index contributed by atoms with van der Waals surface area (Å²) in [6, 6.07) is 4.89. The van der Waals surface area contributed by atoms with E-state index < -0.39 is 16.1 Å². The Labute approximate surface area is 136 Å². The van der Waals surface area contributed by atoms with Crippen molar-refractivity contribution in [3.8, 4) is 5.75 Å². The van der Waals surface area contributed by atoms with Gasteiger partial charge in [0.15, 0.2) is 0 Å². The summed E-state index contributed by atoms with van der Waals surface area (Å²) in [7, 11) is -0.698. The van der Waals surface area contributed by atoms with Crippen molar-refractivity contribution in [1.29, 1.82) is 0 Å². The van der Waals surface area contributed by atoms with Gasteiger partial charge in [-0.15, -0.1) is 0 Å². The molecule has 0 aromatic heterocycles. The van der Waals surface area contributed by atoms with E-state index in [1.807, 2.05) is 6.92 Å². The maximum absolute atomic E-state index is 12.8. The van der Waals surface area contributed by atoms with Gasteiger partial charge in [-0.3, -0.25) is 0 Å². The van der Waals surface area contributed by atoms with Crippen LogP contribution in [-0.2, 0) is 21.2 Å². The van der Waals surface area contributed by atoms with Crippen LogP contribution >= 0.6 is 0 Å². The van der Waals surface area contributed by atoms with Gasteiger partial charge in [0.1, 0.15) is 5.75 Å². The molecule has 1 aliphatic heterocycles. The molecule has 1 aromatic rings. The van der Waals surface area contributed by atoms with Gasteiger partial charge in [-0.2, -0.15) is 4.31 Å². The maximum atomic E-state index is 12.8. The smallest absolute Gasteiger partial charge is 0.409 e. The minimum atomic E-state index is -3.58. The van der Waals surface area contributed by atoms with E-state index >= 15 is 0 Å². The molecule has 0 bridgehead atoms. The molecule has 0 N–H and O–H groups in total. The summed E-state index contributed by atoms with van der Waals surface area (Å²) >= 11 is 0. The second-order valence-corrected chi connectivity index (χ2v) is 7.13. The van der Waals surface area contributed by atoms with E-state index in [0.29, 0.717) is 25.3 Å². The Balaban J connectivity index is 2.18. The molecule has 128 valence electrons. The Morgan fingerprint density at radius 2 is 1.83 bits per heavy atom. The highest BCUT2D eigenvalue weighted by Crippen LogP contribution is 2.25. The van der Waals surface area contributed by atoms with Crippen LogP contribution in [0.2, 0.25) is 0 Å². The third kappa shape index (κ3) is 3.59. The maximum Gasteiger partial charge on any atom is 0.409 e. The average Bonchev–Trinajstić information content (AvgIpc) is 2.60. The zero-order valence-corrected chi connectivity index (χ0v) is 14.4. The molecule has 0 radical (unpaired) electrons. The highest BCUT2D eigenvalue weighted by Gasteiger charge is 2.30. The molecule has 1 amide bonds. The molecule has 23 heavy (non-hydrogen) atoms. The number of carbonyl (C=O) groups is 1. The lowest BCUT2D eigenvalue weighted by molar-refractivity contribution is 0.108. The summed E-state index contributed by atoms with van der Waals surface area (Å²) in [5.74, 6) is 0.682. The van der Waals surface area contributed by atoms with Gasteiger partial charge in [-0.05, 0) is 30.2 Å². The monoisotopic (exact) mass is 342 g/mol. The van der Waals surface area contributed by atoms with Crippen LogP contribution < -0.4 is 4.74 Å². The Morgan fingerprint density at radius 3 is 2.35 bits per heavy atom. The van der Waals surface area contributed by atoms with E-state index in [9.17, 15) is 13.2 Å². The normalized spacial score (nSPS) is 16.2. The van der Waals surface area contributed by atoms with Crippen molar-refractivity contribution in [1.82, 2.24) is 9.21 Å². The van der Waals surface area contributed by atoms with Crippen LogP contribution in [0.3, 0.4) is 0 Å². The fourth-order valence-corrected chi connectivity index (χ4v) is 4.05. The zero-order chi connectivity index (χ0) is 17.0. The van der Waals surface area contributed by atoms with Crippen LogP contribution in [0.15, 0.2) is 23.1 Å². The lowest BCUT2D eigenvalue weighted by atomic mass is 10.1. The van der Waals surface area contributed by atoms with Gasteiger partial charge in [0, 0.05) is 26.2 Å². The van der Waals surface area contributed by atoms with Gasteiger partial charge in [0.2, 0.25) is 10.0 Å². The molecule has 1 heterocycles. The molecule has 0 saturated carbocycles. The number of aryl methyl sites for hydroxylation is 1. The number of sulfonamides is 1. The predicted molar refractivity (Wildman–Crippen MR) is 85.1 cm³/mol. The fraction of sp³-hybridized carbons (Fsp3) is 0.533. The molecule has 1 fully saturated rings. The number of nitrogens with zero attached hydrogens (tertiary/aromatic N) is 2. The van der Waals surface area contributed by atoms with Crippen molar-refractivity contribution in [3.63, 3.8) is 0 Å². The SMILES string of the molecule is CCc1cc(S(=O)(=O)N2CCN(C(=O)OC)CC2)ccc1OC. The van der Waals surface area contributed by atoms with E-state index in [-0.39, 0.29) is 18.0 Å². The number of ether oxygens (including phenoxy) is 2. The molecule has 1 saturated heterocycles. The Hall–Kier alpha value is -1.80. The van der Waals surface area contributed by atoms with Crippen LogP contribution in [-0.4, -0.2) is 64.1 Å². The van der Waals surface area contributed by atoms with E-state index in [1.165, 1.54) is 16.3 Å². The molecule has 7 nitrogen and oxygen atoms in total. The van der Waals surface area contributed by atoms with Crippen molar-refractivity contribution in [2.24, 2.45) is 0 Å². The van der Waals surface area contributed by atoms with Gasteiger partial charge in [0.25, 0.3) is 0 Å². The van der Waals surface area contributed by atoms with Crippen LogP contribution in [0.1, 0.15) is 12.5 Å². The number of methoxy groups -OCH3 is 2. The van der Waals surface area contributed by atoms with Crippen molar-refractivity contribution in [3.05, 3.63) is 23.8 Å². The quantitative estimate of drug-likeness (QED) is 0.825. The minimum Gasteiger partial charge on any atom is -0.496 e. The predicted octanol–water partition coefficient (Wildman–Crippen LogP) is 1.33. The standard InChI is InChI=1S/C15H22N2O5S/c1-4-12-11-13(5-6-14(12)21-2)23(19,20)17-9-7-16(8-10-17)15(18)22-3/h5-6,11H,4,7-10H2,1-3H3. The number of amides is 1.